The van der Waals surface area contributed by atoms with Gasteiger partial charge in [-0.2, -0.15) is 5.26 Å². The first-order valence-corrected chi connectivity index (χ1v) is 10.5. The van der Waals surface area contributed by atoms with Crippen molar-refractivity contribution in [3.05, 3.63) is 89.1 Å². The van der Waals surface area contributed by atoms with Crippen LogP contribution in [0.5, 0.6) is 28.7 Å². The molecule has 3 aromatic carbocycles. The summed E-state index contributed by atoms with van der Waals surface area (Å²) in [7, 11) is 3.06. The SMILES string of the molecule is COc1ccc(C2C(C#N)=C(N)Oc3cc(OC(=O)COc4ccc(F)cc4)ccc32)cc1OC. The van der Waals surface area contributed by atoms with E-state index < -0.39 is 17.7 Å². The van der Waals surface area contributed by atoms with E-state index in [-0.39, 0.29) is 23.8 Å². The van der Waals surface area contributed by atoms with Crippen LogP contribution >= 0.6 is 0 Å². The van der Waals surface area contributed by atoms with Gasteiger partial charge in [-0.25, -0.2) is 9.18 Å². The molecular weight excluding hydrogens is 455 g/mol. The molecule has 0 aliphatic carbocycles. The van der Waals surface area contributed by atoms with Gasteiger partial charge in [0, 0.05) is 11.6 Å². The monoisotopic (exact) mass is 476 g/mol. The number of carbonyl (C=O) groups is 1. The zero-order valence-electron chi connectivity index (χ0n) is 18.9. The Morgan fingerprint density at radius 1 is 1.03 bits per heavy atom. The number of benzene rings is 3. The Hall–Kier alpha value is -4.71. The number of carbonyl (C=O) groups excluding carboxylic acids is 1. The summed E-state index contributed by atoms with van der Waals surface area (Å²) in [4.78, 5) is 12.2. The molecule has 4 rings (SSSR count). The van der Waals surface area contributed by atoms with Crippen LogP contribution in [0.1, 0.15) is 17.0 Å². The molecule has 0 radical (unpaired) electrons. The summed E-state index contributed by atoms with van der Waals surface area (Å²) in [6.45, 7) is -0.377. The predicted octanol–water partition coefficient (Wildman–Crippen LogP) is 4.05. The van der Waals surface area contributed by atoms with Crippen molar-refractivity contribution in [3.63, 3.8) is 0 Å². The number of hydrogen-bond donors (Lipinski definition) is 1. The van der Waals surface area contributed by atoms with Crippen LogP contribution in [0.4, 0.5) is 4.39 Å². The molecular formula is C26H21FN2O6. The van der Waals surface area contributed by atoms with Gasteiger partial charge in [-0.15, -0.1) is 0 Å². The first-order valence-electron chi connectivity index (χ1n) is 10.5. The molecule has 0 aromatic heterocycles. The molecule has 3 aromatic rings. The van der Waals surface area contributed by atoms with Gasteiger partial charge in [0.15, 0.2) is 18.1 Å². The zero-order chi connectivity index (χ0) is 24.9. The van der Waals surface area contributed by atoms with Crippen LogP contribution in [0.2, 0.25) is 0 Å². The van der Waals surface area contributed by atoms with E-state index in [2.05, 4.69) is 6.07 Å². The molecule has 0 spiro atoms. The Morgan fingerprint density at radius 3 is 2.43 bits per heavy atom. The molecule has 1 heterocycles. The number of halogens is 1. The lowest BCUT2D eigenvalue weighted by atomic mass is 9.83. The van der Waals surface area contributed by atoms with Gasteiger partial charge in [-0.05, 0) is 48.0 Å². The smallest absolute Gasteiger partial charge is 0.349 e. The third-order valence-corrected chi connectivity index (χ3v) is 5.33. The Morgan fingerprint density at radius 2 is 1.74 bits per heavy atom. The van der Waals surface area contributed by atoms with Crippen LogP contribution < -0.4 is 29.4 Å². The van der Waals surface area contributed by atoms with Gasteiger partial charge in [0.2, 0.25) is 5.88 Å². The Bertz CT molecular complexity index is 1330. The van der Waals surface area contributed by atoms with Crippen LogP contribution in [0.15, 0.2) is 72.1 Å². The number of nitrogens with two attached hydrogens (primary N) is 1. The number of rotatable bonds is 7. The molecule has 1 aliphatic rings. The molecule has 35 heavy (non-hydrogen) atoms. The minimum atomic E-state index is -0.664. The molecule has 2 N–H and O–H groups in total. The fraction of sp³-hybridized carbons (Fsp3) is 0.154. The normalized spacial score (nSPS) is 14.3. The van der Waals surface area contributed by atoms with Crippen molar-refractivity contribution in [1.82, 2.24) is 0 Å². The number of esters is 1. The topological polar surface area (TPSA) is 113 Å². The number of methoxy groups -OCH3 is 2. The van der Waals surface area contributed by atoms with Crippen molar-refractivity contribution in [2.45, 2.75) is 5.92 Å². The minimum absolute atomic E-state index is 0.0529. The molecule has 1 atom stereocenters. The van der Waals surface area contributed by atoms with E-state index in [1.165, 1.54) is 44.6 Å². The molecule has 0 saturated heterocycles. The first kappa shape index (κ1) is 23.4. The van der Waals surface area contributed by atoms with Crippen LogP contribution in [-0.4, -0.2) is 26.8 Å². The first-order chi connectivity index (χ1) is 16.9. The molecule has 0 saturated carbocycles. The van der Waals surface area contributed by atoms with Crippen LogP contribution in [0, 0.1) is 17.1 Å². The molecule has 9 heteroatoms. The quantitative estimate of drug-likeness (QED) is 0.402. The Labute approximate surface area is 200 Å². The van der Waals surface area contributed by atoms with E-state index in [1.54, 1.807) is 24.3 Å². The molecule has 1 unspecified atom stereocenters. The standard InChI is InChI=1S/C26H21FN2O6/c1-31-21-10-3-15(11-23(21)32-2)25-19-9-8-18(12-22(19)35-26(29)20(25)13-28)34-24(30)14-33-17-6-4-16(27)5-7-17/h3-12,25H,14,29H2,1-2H3. The highest BCUT2D eigenvalue weighted by Gasteiger charge is 2.31. The second-order valence-corrected chi connectivity index (χ2v) is 7.46. The third-order valence-electron chi connectivity index (χ3n) is 5.33. The molecule has 8 nitrogen and oxygen atoms in total. The molecule has 0 amide bonds. The summed E-state index contributed by atoms with van der Waals surface area (Å²) in [6.07, 6.45) is 0. The summed E-state index contributed by atoms with van der Waals surface area (Å²) in [5.74, 6) is 0.261. The largest absolute Gasteiger partial charge is 0.493 e. The van der Waals surface area contributed by atoms with Crippen molar-refractivity contribution in [3.8, 4) is 34.8 Å². The zero-order valence-corrected chi connectivity index (χ0v) is 18.9. The van der Waals surface area contributed by atoms with Crippen molar-refractivity contribution in [1.29, 1.82) is 5.26 Å². The van der Waals surface area contributed by atoms with Crippen molar-refractivity contribution >= 4 is 5.97 Å². The van der Waals surface area contributed by atoms with Crippen molar-refractivity contribution in [2.24, 2.45) is 5.73 Å². The van der Waals surface area contributed by atoms with Gasteiger partial charge in [0.05, 0.1) is 20.1 Å². The number of fused-ring (bicyclic) bond motifs is 1. The van der Waals surface area contributed by atoms with E-state index in [4.69, 9.17) is 29.4 Å². The number of ether oxygens (including phenoxy) is 5. The highest BCUT2D eigenvalue weighted by molar-refractivity contribution is 5.74. The number of nitriles is 1. The van der Waals surface area contributed by atoms with Crippen LogP contribution in [0.25, 0.3) is 0 Å². The third kappa shape index (κ3) is 4.96. The van der Waals surface area contributed by atoms with E-state index in [0.717, 1.165) is 5.56 Å². The predicted molar refractivity (Wildman–Crippen MR) is 123 cm³/mol. The maximum Gasteiger partial charge on any atom is 0.349 e. The fourth-order valence-corrected chi connectivity index (χ4v) is 3.71. The van der Waals surface area contributed by atoms with E-state index in [1.807, 2.05) is 6.07 Å². The second-order valence-electron chi connectivity index (χ2n) is 7.46. The van der Waals surface area contributed by atoms with E-state index >= 15 is 0 Å². The van der Waals surface area contributed by atoms with Crippen molar-refractivity contribution < 1.29 is 32.9 Å². The lowest BCUT2D eigenvalue weighted by Crippen LogP contribution is -2.21. The lowest BCUT2D eigenvalue weighted by molar-refractivity contribution is -0.136. The van der Waals surface area contributed by atoms with E-state index in [9.17, 15) is 14.4 Å². The molecule has 178 valence electrons. The highest BCUT2D eigenvalue weighted by Crippen LogP contribution is 2.45. The van der Waals surface area contributed by atoms with Gasteiger partial charge in [0.1, 0.15) is 34.7 Å². The maximum absolute atomic E-state index is 13.0. The average Bonchev–Trinajstić information content (AvgIpc) is 2.87. The van der Waals surface area contributed by atoms with Gasteiger partial charge in [-0.1, -0.05) is 12.1 Å². The van der Waals surface area contributed by atoms with E-state index in [0.29, 0.717) is 28.6 Å². The minimum Gasteiger partial charge on any atom is -0.493 e. The summed E-state index contributed by atoms with van der Waals surface area (Å²) >= 11 is 0. The molecule has 0 fully saturated rings. The van der Waals surface area contributed by atoms with Gasteiger partial charge >= 0.3 is 5.97 Å². The van der Waals surface area contributed by atoms with Crippen LogP contribution in [-0.2, 0) is 4.79 Å². The highest BCUT2D eigenvalue weighted by atomic mass is 19.1. The van der Waals surface area contributed by atoms with Gasteiger partial charge in [0.25, 0.3) is 0 Å². The summed E-state index contributed by atoms with van der Waals surface area (Å²) in [5.41, 5.74) is 7.69. The lowest BCUT2D eigenvalue weighted by Gasteiger charge is -2.27. The number of allylic oxidation sites excluding steroid dienone is 1. The summed E-state index contributed by atoms with van der Waals surface area (Å²) in [5, 5.41) is 9.76. The van der Waals surface area contributed by atoms with Crippen LogP contribution in [0.3, 0.4) is 0 Å². The summed E-state index contributed by atoms with van der Waals surface area (Å²) < 4.78 is 40.0. The molecule has 1 aliphatic heterocycles. The Kier molecular flexibility index (Phi) is 6.73. The average molecular weight is 476 g/mol. The Balaban J connectivity index is 1.57. The number of hydrogen-bond acceptors (Lipinski definition) is 8. The number of nitrogens with zero attached hydrogens (tertiary/aromatic N) is 1. The van der Waals surface area contributed by atoms with Crippen molar-refractivity contribution in [2.75, 3.05) is 20.8 Å². The van der Waals surface area contributed by atoms with Gasteiger partial charge < -0.3 is 29.4 Å². The van der Waals surface area contributed by atoms with Gasteiger partial charge in [-0.3, -0.25) is 0 Å². The fourth-order valence-electron chi connectivity index (χ4n) is 3.71. The second kappa shape index (κ2) is 10.1. The molecule has 0 bridgehead atoms. The maximum atomic E-state index is 13.0. The summed E-state index contributed by atoms with van der Waals surface area (Å²) in [6, 6.07) is 17.5.